The third kappa shape index (κ3) is 4.54. The quantitative estimate of drug-likeness (QED) is 0.692. The Morgan fingerprint density at radius 3 is 2.53 bits per heavy atom. The number of likely N-dealkylation sites (tertiary alicyclic amines) is 1. The number of urea groups is 1. The molecule has 1 saturated heterocycles. The molecule has 0 unspecified atom stereocenters. The lowest BCUT2D eigenvalue weighted by Crippen LogP contribution is -2.47. The fourth-order valence-electron chi connectivity index (χ4n) is 2.11. The number of carbonyl (C=O) groups is 1. The van der Waals surface area contributed by atoms with Crippen molar-refractivity contribution in [3.63, 3.8) is 0 Å². The van der Waals surface area contributed by atoms with Crippen molar-refractivity contribution in [2.75, 3.05) is 39.4 Å². The molecule has 0 aromatic rings. The molecule has 1 rings (SSSR count). The van der Waals surface area contributed by atoms with Gasteiger partial charge in [-0.25, -0.2) is 4.79 Å². The molecule has 4 nitrogen and oxygen atoms in total. The summed E-state index contributed by atoms with van der Waals surface area (Å²) in [5.74, 6) is 0.762. The van der Waals surface area contributed by atoms with Crippen LogP contribution in [0.2, 0.25) is 0 Å². The molecule has 0 atom stereocenters. The molecular formula is C13H26N2O2. The summed E-state index contributed by atoms with van der Waals surface area (Å²) in [6.07, 6.45) is 2.27. The second kappa shape index (κ2) is 7.54. The normalized spacial score (nSPS) is 17.2. The number of hydrogen-bond donors (Lipinski definition) is 0. The summed E-state index contributed by atoms with van der Waals surface area (Å²) in [4.78, 5) is 16.1. The van der Waals surface area contributed by atoms with Gasteiger partial charge in [0.15, 0.2) is 0 Å². The van der Waals surface area contributed by atoms with E-state index in [1.807, 2.05) is 23.6 Å². The van der Waals surface area contributed by atoms with Crippen LogP contribution in [-0.4, -0.2) is 55.2 Å². The lowest BCUT2D eigenvalue weighted by Gasteiger charge is -2.34. The predicted octanol–water partition coefficient (Wildman–Crippen LogP) is 2.20. The van der Waals surface area contributed by atoms with E-state index in [1.165, 1.54) is 0 Å². The minimum absolute atomic E-state index is 0.180. The van der Waals surface area contributed by atoms with Gasteiger partial charge in [0, 0.05) is 32.8 Å². The SMILES string of the molecule is CCOCCN(CC)C(=O)N1CCC(C)CC1. The van der Waals surface area contributed by atoms with E-state index >= 15 is 0 Å². The van der Waals surface area contributed by atoms with Crippen LogP contribution >= 0.6 is 0 Å². The number of hydrogen-bond acceptors (Lipinski definition) is 2. The van der Waals surface area contributed by atoms with Crippen LogP contribution < -0.4 is 0 Å². The van der Waals surface area contributed by atoms with Crippen LogP contribution in [0.1, 0.15) is 33.6 Å². The summed E-state index contributed by atoms with van der Waals surface area (Å²) < 4.78 is 5.31. The number of nitrogens with zero attached hydrogens (tertiary/aromatic N) is 2. The fourth-order valence-corrected chi connectivity index (χ4v) is 2.11. The Hall–Kier alpha value is -0.770. The van der Waals surface area contributed by atoms with Gasteiger partial charge in [-0.2, -0.15) is 0 Å². The first kappa shape index (κ1) is 14.3. The summed E-state index contributed by atoms with van der Waals surface area (Å²) in [5.41, 5.74) is 0. The highest BCUT2D eigenvalue weighted by atomic mass is 16.5. The van der Waals surface area contributed by atoms with Gasteiger partial charge in [-0.05, 0) is 32.6 Å². The molecule has 0 spiro atoms. The lowest BCUT2D eigenvalue weighted by atomic mass is 10.00. The zero-order chi connectivity index (χ0) is 12.7. The van der Waals surface area contributed by atoms with E-state index in [0.717, 1.165) is 38.4 Å². The molecule has 2 amide bonds. The molecule has 1 aliphatic heterocycles. The molecule has 0 aliphatic carbocycles. The van der Waals surface area contributed by atoms with Crippen molar-refractivity contribution in [1.82, 2.24) is 9.80 Å². The van der Waals surface area contributed by atoms with E-state index < -0.39 is 0 Å². The van der Waals surface area contributed by atoms with E-state index in [2.05, 4.69) is 6.92 Å². The largest absolute Gasteiger partial charge is 0.380 e. The van der Waals surface area contributed by atoms with E-state index in [0.29, 0.717) is 19.8 Å². The highest BCUT2D eigenvalue weighted by molar-refractivity contribution is 5.74. The summed E-state index contributed by atoms with van der Waals surface area (Å²) in [6.45, 7) is 10.9. The first-order valence-corrected chi connectivity index (χ1v) is 6.80. The van der Waals surface area contributed by atoms with Crippen molar-refractivity contribution in [3.05, 3.63) is 0 Å². The van der Waals surface area contributed by atoms with Gasteiger partial charge >= 0.3 is 6.03 Å². The second-order valence-electron chi connectivity index (χ2n) is 4.73. The summed E-state index contributed by atoms with van der Waals surface area (Å²) in [6, 6.07) is 0.180. The molecule has 17 heavy (non-hydrogen) atoms. The smallest absolute Gasteiger partial charge is 0.320 e. The average Bonchev–Trinajstić information content (AvgIpc) is 2.35. The number of piperidine rings is 1. The van der Waals surface area contributed by atoms with Crippen molar-refractivity contribution in [2.45, 2.75) is 33.6 Å². The van der Waals surface area contributed by atoms with Gasteiger partial charge in [-0.3, -0.25) is 0 Å². The number of rotatable bonds is 5. The Labute approximate surface area is 105 Å². The van der Waals surface area contributed by atoms with E-state index in [9.17, 15) is 4.79 Å². The highest BCUT2D eigenvalue weighted by Gasteiger charge is 2.23. The Bertz CT molecular complexity index is 225. The van der Waals surface area contributed by atoms with Crippen molar-refractivity contribution in [2.24, 2.45) is 5.92 Å². The maximum atomic E-state index is 12.2. The minimum atomic E-state index is 0.180. The maximum Gasteiger partial charge on any atom is 0.320 e. The third-order valence-electron chi connectivity index (χ3n) is 3.42. The van der Waals surface area contributed by atoms with Crippen molar-refractivity contribution in [3.8, 4) is 0 Å². The first-order valence-electron chi connectivity index (χ1n) is 6.80. The van der Waals surface area contributed by atoms with Crippen LogP contribution in [0.15, 0.2) is 0 Å². The van der Waals surface area contributed by atoms with Crippen LogP contribution in [0.25, 0.3) is 0 Å². The molecule has 0 aromatic heterocycles. The van der Waals surface area contributed by atoms with Crippen molar-refractivity contribution < 1.29 is 9.53 Å². The van der Waals surface area contributed by atoms with Crippen LogP contribution in [0.4, 0.5) is 4.79 Å². The molecule has 0 saturated carbocycles. The number of likely N-dealkylation sites (N-methyl/N-ethyl adjacent to an activating group) is 1. The molecule has 1 heterocycles. The van der Waals surface area contributed by atoms with Gasteiger partial charge in [0.25, 0.3) is 0 Å². The highest BCUT2D eigenvalue weighted by Crippen LogP contribution is 2.17. The van der Waals surface area contributed by atoms with Crippen LogP contribution in [0.5, 0.6) is 0 Å². The summed E-state index contributed by atoms with van der Waals surface area (Å²) in [7, 11) is 0. The minimum Gasteiger partial charge on any atom is -0.380 e. The van der Waals surface area contributed by atoms with Crippen molar-refractivity contribution in [1.29, 1.82) is 0 Å². The first-order chi connectivity index (χ1) is 8.19. The molecule has 0 radical (unpaired) electrons. The summed E-state index contributed by atoms with van der Waals surface area (Å²) >= 11 is 0. The second-order valence-corrected chi connectivity index (χ2v) is 4.73. The van der Waals surface area contributed by atoms with Gasteiger partial charge in [0.05, 0.1) is 6.61 Å². The van der Waals surface area contributed by atoms with Crippen molar-refractivity contribution >= 4 is 6.03 Å². The van der Waals surface area contributed by atoms with Gasteiger partial charge in [0.1, 0.15) is 0 Å². The third-order valence-corrected chi connectivity index (χ3v) is 3.42. The predicted molar refractivity (Wildman–Crippen MR) is 69.1 cm³/mol. The number of ether oxygens (including phenoxy) is 1. The molecular weight excluding hydrogens is 216 g/mol. The zero-order valence-electron chi connectivity index (χ0n) is 11.4. The standard InChI is InChI=1S/C13H26N2O2/c1-4-14(10-11-17-5-2)13(16)15-8-6-12(3)7-9-15/h12H,4-11H2,1-3H3. The zero-order valence-corrected chi connectivity index (χ0v) is 11.4. The lowest BCUT2D eigenvalue weighted by molar-refractivity contribution is 0.101. The fraction of sp³-hybridized carbons (Fsp3) is 0.923. The molecule has 1 fully saturated rings. The Balaban J connectivity index is 2.37. The van der Waals surface area contributed by atoms with E-state index in [4.69, 9.17) is 4.74 Å². The Morgan fingerprint density at radius 2 is 2.00 bits per heavy atom. The number of carbonyl (C=O) groups excluding carboxylic acids is 1. The van der Waals surface area contributed by atoms with Crippen LogP contribution in [-0.2, 0) is 4.74 Å². The van der Waals surface area contributed by atoms with Crippen LogP contribution in [0.3, 0.4) is 0 Å². The van der Waals surface area contributed by atoms with E-state index in [-0.39, 0.29) is 6.03 Å². The maximum absolute atomic E-state index is 12.2. The van der Waals surface area contributed by atoms with Crippen LogP contribution in [0, 0.1) is 5.92 Å². The molecule has 0 bridgehead atoms. The molecule has 1 aliphatic rings. The Kier molecular flexibility index (Phi) is 6.34. The monoisotopic (exact) mass is 242 g/mol. The topological polar surface area (TPSA) is 32.8 Å². The number of amides is 2. The van der Waals surface area contributed by atoms with E-state index in [1.54, 1.807) is 0 Å². The Morgan fingerprint density at radius 1 is 1.35 bits per heavy atom. The average molecular weight is 242 g/mol. The van der Waals surface area contributed by atoms with Gasteiger partial charge in [0.2, 0.25) is 0 Å². The molecule has 100 valence electrons. The molecule has 0 N–H and O–H groups in total. The molecule has 4 heteroatoms. The summed E-state index contributed by atoms with van der Waals surface area (Å²) in [5, 5.41) is 0. The van der Waals surface area contributed by atoms with Gasteiger partial charge < -0.3 is 14.5 Å². The van der Waals surface area contributed by atoms with Gasteiger partial charge in [-0.15, -0.1) is 0 Å². The van der Waals surface area contributed by atoms with Gasteiger partial charge in [-0.1, -0.05) is 6.92 Å². The molecule has 0 aromatic carbocycles.